The highest BCUT2D eigenvalue weighted by Crippen LogP contribution is 2.13. The van der Waals surface area contributed by atoms with Crippen molar-refractivity contribution < 1.29 is 9.32 Å². The second-order valence-corrected chi connectivity index (χ2v) is 3.54. The SMILES string of the molecule is CON1CN=C(Nc2ccc(N)cc2)N(F)C1. The number of hydroxylamine groups is 2. The molecule has 92 valence electrons. The first-order chi connectivity index (χ1) is 8.19. The molecule has 1 aliphatic rings. The molecule has 7 heteroatoms. The van der Waals surface area contributed by atoms with Gasteiger partial charge >= 0.3 is 0 Å². The molecule has 1 aliphatic heterocycles. The van der Waals surface area contributed by atoms with E-state index in [1.807, 2.05) is 0 Å². The summed E-state index contributed by atoms with van der Waals surface area (Å²) < 4.78 is 13.5. The fourth-order valence-electron chi connectivity index (χ4n) is 1.38. The Morgan fingerprint density at radius 1 is 1.41 bits per heavy atom. The molecule has 1 aromatic rings. The van der Waals surface area contributed by atoms with Crippen LogP contribution in [0.3, 0.4) is 0 Å². The highest BCUT2D eigenvalue weighted by Gasteiger charge is 2.20. The zero-order valence-electron chi connectivity index (χ0n) is 9.43. The number of nitrogens with two attached hydrogens (primary N) is 1. The average Bonchev–Trinajstić information content (AvgIpc) is 2.34. The average molecular weight is 239 g/mol. The van der Waals surface area contributed by atoms with E-state index in [-0.39, 0.29) is 19.3 Å². The smallest absolute Gasteiger partial charge is 0.229 e. The molecule has 0 amide bonds. The number of nitrogens with one attached hydrogen (secondary N) is 1. The van der Waals surface area contributed by atoms with Crippen molar-refractivity contribution in [3.05, 3.63) is 24.3 Å². The standard InChI is InChI=1S/C10H14FN5O/c1-17-15-6-13-10(16(11)7-15)14-9-4-2-8(12)3-5-9/h2-5H,6-7,12H2,1H3,(H,13,14). The number of hydrogen-bond donors (Lipinski definition) is 2. The zero-order valence-corrected chi connectivity index (χ0v) is 9.43. The summed E-state index contributed by atoms with van der Waals surface area (Å²) in [7, 11) is 1.47. The van der Waals surface area contributed by atoms with Crippen LogP contribution in [0.1, 0.15) is 0 Å². The molecule has 0 radical (unpaired) electrons. The molecule has 1 heterocycles. The van der Waals surface area contributed by atoms with E-state index < -0.39 is 0 Å². The van der Waals surface area contributed by atoms with Gasteiger partial charge in [0.15, 0.2) is 0 Å². The molecule has 2 rings (SSSR count). The Morgan fingerprint density at radius 3 is 2.71 bits per heavy atom. The molecule has 1 aromatic carbocycles. The van der Waals surface area contributed by atoms with E-state index in [0.717, 1.165) is 5.69 Å². The Morgan fingerprint density at radius 2 is 2.12 bits per heavy atom. The third kappa shape index (κ3) is 2.83. The molecular weight excluding hydrogens is 225 g/mol. The van der Waals surface area contributed by atoms with Gasteiger partial charge in [0.1, 0.15) is 13.3 Å². The Labute approximate surface area is 98.4 Å². The first-order valence-electron chi connectivity index (χ1n) is 5.08. The molecule has 0 atom stereocenters. The Kier molecular flexibility index (Phi) is 3.40. The maximum absolute atomic E-state index is 13.5. The molecule has 0 aromatic heterocycles. The third-order valence-electron chi connectivity index (χ3n) is 2.31. The summed E-state index contributed by atoms with van der Waals surface area (Å²) in [6, 6.07) is 6.98. The van der Waals surface area contributed by atoms with Crippen LogP contribution in [0.5, 0.6) is 0 Å². The van der Waals surface area contributed by atoms with Gasteiger partial charge in [0.05, 0.1) is 7.11 Å². The summed E-state index contributed by atoms with van der Waals surface area (Å²) in [6.45, 7) is 0.297. The summed E-state index contributed by atoms with van der Waals surface area (Å²) in [5.41, 5.74) is 6.94. The highest BCUT2D eigenvalue weighted by atomic mass is 19.2. The quantitative estimate of drug-likeness (QED) is 0.595. The van der Waals surface area contributed by atoms with E-state index in [9.17, 15) is 4.48 Å². The fourth-order valence-corrected chi connectivity index (χ4v) is 1.38. The van der Waals surface area contributed by atoms with Gasteiger partial charge < -0.3 is 11.1 Å². The molecule has 0 aliphatic carbocycles. The topological polar surface area (TPSA) is 66.1 Å². The maximum Gasteiger partial charge on any atom is 0.229 e. The summed E-state index contributed by atoms with van der Waals surface area (Å²) in [6.07, 6.45) is 0. The van der Waals surface area contributed by atoms with Crippen LogP contribution in [-0.2, 0) is 4.84 Å². The van der Waals surface area contributed by atoms with Crippen molar-refractivity contribution >= 4 is 17.3 Å². The molecule has 0 bridgehead atoms. The molecule has 0 spiro atoms. The predicted molar refractivity (Wildman–Crippen MR) is 63.4 cm³/mol. The highest BCUT2D eigenvalue weighted by molar-refractivity contribution is 5.93. The van der Waals surface area contributed by atoms with Gasteiger partial charge in [-0.3, -0.25) is 4.84 Å². The van der Waals surface area contributed by atoms with Crippen LogP contribution < -0.4 is 11.1 Å². The molecule has 17 heavy (non-hydrogen) atoms. The van der Waals surface area contributed by atoms with Gasteiger partial charge in [0.25, 0.3) is 0 Å². The third-order valence-corrected chi connectivity index (χ3v) is 2.31. The number of guanidine groups is 1. The number of anilines is 2. The Bertz CT molecular complexity index is 408. The van der Waals surface area contributed by atoms with Gasteiger partial charge in [0.2, 0.25) is 5.96 Å². The molecule has 0 saturated heterocycles. The zero-order chi connectivity index (χ0) is 12.3. The Hall–Kier alpha value is -1.86. The summed E-state index contributed by atoms with van der Waals surface area (Å²) >= 11 is 0. The number of benzene rings is 1. The van der Waals surface area contributed by atoms with Crippen LogP contribution in [-0.4, -0.2) is 36.6 Å². The van der Waals surface area contributed by atoms with Crippen molar-refractivity contribution in [2.24, 2.45) is 4.99 Å². The minimum absolute atomic E-state index is 0.0112. The van der Waals surface area contributed by atoms with E-state index in [4.69, 9.17) is 10.6 Å². The fraction of sp³-hybridized carbons (Fsp3) is 0.300. The summed E-state index contributed by atoms with van der Waals surface area (Å²) in [5.74, 6) is 0.156. The molecule has 0 fully saturated rings. The molecule has 3 N–H and O–H groups in total. The molecule has 6 nitrogen and oxygen atoms in total. The van der Waals surface area contributed by atoms with E-state index in [0.29, 0.717) is 10.8 Å². The lowest BCUT2D eigenvalue weighted by Gasteiger charge is -2.28. The minimum atomic E-state index is 0.0112. The number of halogens is 1. The lowest BCUT2D eigenvalue weighted by atomic mass is 10.3. The van der Waals surface area contributed by atoms with Gasteiger partial charge in [-0.05, 0) is 24.3 Å². The van der Waals surface area contributed by atoms with Gasteiger partial charge in [-0.1, -0.05) is 4.48 Å². The number of rotatable bonds is 2. The van der Waals surface area contributed by atoms with Crippen LogP contribution in [0.2, 0.25) is 0 Å². The predicted octanol–water partition coefficient (Wildman–Crippen LogP) is 1.02. The van der Waals surface area contributed by atoms with Gasteiger partial charge in [-0.15, -0.1) is 5.06 Å². The van der Waals surface area contributed by atoms with Crippen molar-refractivity contribution in [3.8, 4) is 0 Å². The monoisotopic (exact) mass is 239 g/mol. The van der Waals surface area contributed by atoms with Crippen LogP contribution >= 0.6 is 0 Å². The maximum atomic E-state index is 13.5. The lowest BCUT2D eigenvalue weighted by molar-refractivity contribution is -0.177. The summed E-state index contributed by atoms with van der Waals surface area (Å²) in [5, 5.41) is 4.72. The Balaban J connectivity index is 2.04. The van der Waals surface area contributed by atoms with Crippen molar-refractivity contribution in [1.29, 1.82) is 0 Å². The minimum Gasteiger partial charge on any atom is -0.399 e. The largest absolute Gasteiger partial charge is 0.399 e. The number of nitrogens with zero attached hydrogens (tertiary/aromatic N) is 3. The second kappa shape index (κ2) is 4.98. The van der Waals surface area contributed by atoms with Crippen LogP contribution in [0.25, 0.3) is 0 Å². The van der Waals surface area contributed by atoms with Crippen molar-refractivity contribution in [3.63, 3.8) is 0 Å². The number of hydrogen-bond acceptors (Lipinski definition) is 6. The van der Waals surface area contributed by atoms with Crippen LogP contribution in [0, 0.1) is 0 Å². The number of nitrogen functional groups attached to an aromatic ring is 1. The molecular formula is C10H14FN5O. The van der Waals surface area contributed by atoms with E-state index >= 15 is 0 Å². The lowest BCUT2D eigenvalue weighted by Crippen LogP contribution is -2.44. The van der Waals surface area contributed by atoms with Gasteiger partial charge in [0, 0.05) is 11.4 Å². The van der Waals surface area contributed by atoms with E-state index in [1.54, 1.807) is 24.3 Å². The van der Waals surface area contributed by atoms with Crippen molar-refractivity contribution in [2.75, 3.05) is 31.5 Å². The first-order valence-corrected chi connectivity index (χ1v) is 5.08. The van der Waals surface area contributed by atoms with E-state index in [2.05, 4.69) is 10.3 Å². The molecule has 0 saturated carbocycles. The molecule has 0 unspecified atom stereocenters. The van der Waals surface area contributed by atoms with Crippen LogP contribution in [0.15, 0.2) is 29.3 Å². The van der Waals surface area contributed by atoms with Gasteiger partial charge in [-0.2, -0.15) is 5.12 Å². The van der Waals surface area contributed by atoms with Crippen molar-refractivity contribution in [2.45, 2.75) is 0 Å². The second-order valence-electron chi connectivity index (χ2n) is 3.54. The van der Waals surface area contributed by atoms with E-state index in [1.165, 1.54) is 12.2 Å². The normalized spacial score (nSPS) is 16.8. The van der Waals surface area contributed by atoms with Crippen LogP contribution in [0.4, 0.5) is 15.9 Å². The van der Waals surface area contributed by atoms with Gasteiger partial charge in [-0.25, -0.2) is 4.99 Å². The number of aliphatic imine (C=N–C) groups is 1. The van der Waals surface area contributed by atoms with Crippen molar-refractivity contribution in [1.82, 2.24) is 10.2 Å². The summed E-state index contributed by atoms with van der Waals surface area (Å²) in [4.78, 5) is 8.88. The first kappa shape index (κ1) is 11.6.